The molecule has 0 aliphatic heterocycles. The van der Waals surface area contributed by atoms with Crippen molar-refractivity contribution in [3.8, 4) is 11.6 Å². The predicted octanol–water partition coefficient (Wildman–Crippen LogP) is 5.82. The van der Waals surface area contributed by atoms with Crippen LogP contribution in [0, 0.1) is 5.82 Å². The van der Waals surface area contributed by atoms with Crippen LogP contribution in [0.2, 0.25) is 0 Å². The minimum atomic E-state index is -0.352. The SMILES string of the molecule is Fc1ccc(Br)c(Oc2nc3ccccc3cc2CBr)c1. The molecule has 0 radical (unpaired) electrons. The fraction of sp³-hybridized carbons (Fsp3) is 0.0625. The van der Waals surface area contributed by atoms with Crippen LogP contribution in [0.15, 0.2) is 53.0 Å². The van der Waals surface area contributed by atoms with Gasteiger partial charge in [-0.3, -0.25) is 0 Å². The lowest BCUT2D eigenvalue weighted by atomic mass is 10.2. The first-order chi connectivity index (χ1) is 10.2. The summed E-state index contributed by atoms with van der Waals surface area (Å²) in [6.07, 6.45) is 0. The van der Waals surface area contributed by atoms with E-state index in [1.807, 2.05) is 30.3 Å². The first-order valence-electron chi connectivity index (χ1n) is 6.25. The molecule has 1 heterocycles. The summed E-state index contributed by atoms with van der Waals surface area (Å²) in [6, 6.07) is 14.1. The zero-order chi connectivity index (χ0) is 14.8. The van der Waals surface area contributed by atoms with Crippen molar-refractivity contribution in [3.05, 3.63) is 64.4 Å². The number of alkyl halides is 1. The lowest BCUT2D eigenvalue weighted by molar-refractivity contribution is 0.453. The number of rotatable bonds is 3. The van der Waals surface area contributed by atoms with Gasteiger partial charge in [-0.1, -0.05) is 34.1 Å². The Morgan fingerprint density at radius 1 is 1.10 bits per heavy atom. The van der Waals surface area contributed by atoms with Crippen molar-refractivity contribution in [2.75, 3.05) is 0 Å². The van der Waals surface area contributed by atoms with Gasteiger partial charge < -0.3 is 4.74 Å². The lowest BCUT2D eigenvalue weighted by Crippen LogP contribution is -1.95. The van der Waals surface area contributed by atoms with Crippen molar-refractivity contribution in [1.29, 1.82) is 0 Å². The summed E-state index contributed by atoms with van der Waals surface area (Å²) in [5, 5.41) is 1.64. The Bertz CT molecular complexity index is 807. The van der Waals surface area contributed by atoms with Gasteiger partial charge in [0, 0.05) is 22.3 Å². The summed E-state index contributed by atoms with van der Waals surface area (Å²) in [7, 11) is 0. The molecule has 0 atom stereocenters. The molecule has 3 aromatic rings. The minimum absolute atomic E-state index is 0.352. The molecule has 2 aromatic carbocycles. The van der Waals surface area contributed by atoms with Crippen LogP contribution >= 0.6 is 31.9 Å². The molecule has 2 nitrogen and oxygen atoms in total. The van der Waals surface area contributed by atoms with Crippen molar-refractivity contribution in [3.63, 3.8) is 0 Å². The quantitative estimate of drug-likeness (QED) is 0.507. The van der Waals surface area contributed by atoms with Crippen LogP contribution in [-0.4, -0.2) is 4.98 Å². The van der Waals surface area contributed by atoms with E-state index in [0.29, 0.717) is 21.4 Å². The smallest absolute Gasteiger partial charge is 0.223 e. The number of fused-ring (bicyclic) bond motifs is 1. The Morgan fingerprint density at radius 3 is 2.71 bits per heavy atom. The van der Waals surface area contributed by atoms with Crippen LogP contribution in [0.4, 0.5) is 4.39 Å². The normalized spacial score (nSPS) is 10.8. The first kappa shape index (κ1) is 14.5. The van der Waals surface area contributed by atoms with Gasteiger partial charge in [0.15, 0.2) is 0 Å². The third-order valence-electron chi connectivity index (χ3n) is 3.01. The zero-order valence-electron chi connectivity index (χ0n) is 10.8. The zero-order valence-corrected chi connectivity index (χ0v) is 14.0. The van der Waals surface area contributed by atoms with Gasteiger partial charge in [-0.2, -0.15) is 0 Å². The Labute approximate surface area is 138 Å². The molecule has 21 heavy (non-hydrogen) atoms. The molecule has 0 fully saturated rings. The molecule has 106 valence electrons. The summed E-state index contributed by atoms with van der Waals surface area (Å²) in [6.45, 7) is 0. The highest BCUT2D eigenvalue weighted by molar-refractivity contribution is 9.10. The maximum absolute atomic E-state index is 13.4. The second kappa shape index (κ2) is 6.12. The average molecular weight is 411 g/mol. The van der Waals surface area contributed by atoms with Crippen molar-refractivity contribution in [1.82, 2.24) is 4.98 Å². The van der Waals surface area contributed by atoms with E-state index in [2.05, 4.69) is 36.8 Å². The molecule has 0 saturated carbocycles. The van der Waals surface area contributed by atoms with E-state index in [0.717, 1.165) is 16.5 Å². The fourth-order valence-electron chi connectivity index (χ4n) is 1.99. The van der Waals surface area contributed by atoms with E-state index in [1.54, 1.807) is 6.07 Å². The van der Waals surface area contributed by atoms with Crippen molar-refractivity contribution in [2.24, 2.45) is 0 Å². The Balaban J connectivity index is 2.08. The fourth-order valence-corrected chi connectivity index (χ4v) is 2.71. The summed E-state index contributed by atoms with van der Waals surface area (Å²) >= 11 is 6.79. The monoisotopic (exact) mass is 409 g/mol. The van der Waals surface area contributed by atoms with E-state index in [9.17, 15) is 4.39 Å². The van der Waals surface area contributed by atoms with Crippen LogP contribution in [0.5, 0.6) is 11.6 Å². The van der Waals surface area contributed by atoms with Gasteiger partial charge in [0.05, 0.1) is 9.99 Å². The minimum Gasteiger partial charge on any atom is -0.437 e. The molecule has 0 N–H and O–H groups in total. The van der Waals surface area contributed by atoms with Gasteiger partial charge >= 0.3 is 0 Å². The average Bonchev–Trinajstić information content (AvgIpc) is 2.50. The molecule has 0 aliphatic carbocycles. The number of nitrogens with zero attached hydrogens (tertiary/aromatic N) is 1. The highest BCUT2D eigenvalue weighted by Gasteiger charge is 2.11. The Morgan fingerprint density at radius 2 is 1.90 bits per heavy atom. The molecule has 0 saturated heterocycles. The van der Waals surface area contributed by atoms with Gasteiger partial charge in [-0.15, -0.1) is 0 Å². The van der Waals surface area contributed by atoms with Gasteiger partial charge in [-0.25, -0.2) is 9.37 Å². The second-order valence-corrected chi connectivity index (χ2v) is 5.87. The van der Waals surface area contributed by atoms with E-state index >= 15 is 0 Å². The molecule has 0 spiro atoms. The van der Waals surface area contributed by atoms with Crippen molar-refractivity contribution < 1.29 is 9.13 Å². The molecular weight excluding hydrogens is 401 g/mol. The molecule has 3 rings (SSSR count). The van der Waals surface area contributed by atoms with E-state index in [1.165, 1.54) is 12.1 Å². The number of para-hydroxylation sites is 1. The van der Waals surface area contributed by atoms with Crippen molar-refractivity contribution >= 4 is 42.8 Å². The van der Waals surface area contributed by atoms with E-state index in [4.69, 9.17) is 4.74 Å². The van der Waals surface area contributed by atoms with Gasteiger partial charge in [-0.05, 0) is 40.2 Å². The number of ether oxygens (including phenoxy) is 1. The number of benzene rings is 2. The van der Waals surface area contributed by atoms with Crippen LogP contribution in [0.25, 0.3) is 10.9 Å². The number of hydrogen-bond acceptors (Lipinski definition) is 2. The summed E-state index contributed by atoms with van der Waals surface area (Å²) < 4.78 is 19.8. The number of halogens is 3. The van der Waals surface area contributed by atoms with Crippen LogP contribution in [0.3, 0.4) is 0 Å². The number of aromatic nitrogens is 1. The maximum Gasteiger partial charge on any atom is 0.223 e. The van der Waals surface area contributed by atoms with Gasteiger partial charge in [0.1, 0.15) is 11.6 Å². The van der Waals surface area contributed by atoms with Crippen LogP contribution < -0.4 is 4.74 Å². The summed E-state index contributed by atoms with van der Waals surface area (Å²) in [5.74, 6) is 0.520. The molecule has 0 unspecified atom stereocenters. The lowest BCUT2D eigenvalue weighted by Gasteiger charge is -2.11. The van der Waals surface area contributed by atoms with Crippen LogP contribution in [0.1, 0.15) is 5.56 Å². The first-order valence-corrected chi connectivity index (χ1v) is 8.16. The number of pyridine rings is 1. The number of hydrogen-bond donors (Lipinski definition) is 0. The standard InChI is InChI=1S/C16H10Br2FNO/c17-9-11-7-10-3-1-2-4-14(10)20-16(11)21-15-8-12(19)5-6-13(15)18/h1-8H,9H2. The highest BCUT2D eigenvalue weighted by Crippen LogP contribution is 2.33. The third kappa shape index (κ3) is 3.09. The van der Waals surface area contributed by atoms with Gasteiger partial charge in [0.2, 0.25) is 5.88 Å². The molecule has 0 amide bonds. The predicted molar refractivity (Wildman–Crippen MR) is 88.5 cm³/mol. The Hall–Kier alpha value is -1.46. The molecular formula is C16H10Br2FNO. The third-order valence-corrected chi connectivity index (χ3v) is 4.27. The summed E-state index contributed by atoms with van der Waals surface area (Å²) in [4.78, 5) is 4.52. The highest BCUT2D eigenvalue weighted by atomic mass is 79.9. The summed E-state index contributed by atoms with van der Waals surface area (Å²) in [5.41, 5.74) is 1.74. The molecule has 0 bridgehead atoms. The van der Waals surface area contributed by atoms with Gasteiger partial charge in [0.25, 0.3) is 0 Å². The van der Waals surface area contributed by atoms with Crippen LogP contribution in [-0.2, 0) is 5.33 Å². The Kier molecular flexibility index (Phi) is 4.22. The largest absolute Gasteiger partial charge is 0.437 e. The van der Waals surface area contributed by atoms with Crippen molar-refractivity contribution in [2.45, 2.75) is 5.33 Å². The maximum atomic E-state index is 13.4. The topological polar surface area (TPSA) is 22.1 Å². The second-order valence-electron chi connectivity index (χ2n) is 4.46. The molecule has 0 aliphatic rings. The van der Waals surface area contributed by atoms with E-state index < -0.39 is 0 Å². The molecule has 5 heteroatoms. The molecule has 1 aromatic heterocycles. The van der Waals surface area contributed by atoms with E-state index in [-0.39, 0.29) is 5.82 Å².